The highest BCUT2D eigenvalue weighted by Crippen LogP contribution is 2.43. The van der Waals surface area contributed by atoms with E-state index >= 15 is 0 Å². The normalized spacial score (nSPS) is 19.2. The van der Waals surface area contributed by atoms with Crippen LogP contribution in [-0.4, -0.2) is 27.6 Å². The van der Waals surface area contributed by atoms with Crippen molar-refractivity contribution in [3.63, 3.8) is 0 Å². The molecule has 136 valence electrons. The number of nitrogens with one attached hydrogen (secondary N) is 2. The SMILES string of the molecule is CC(C)[C@@H]1Nc2c(F)cc3c(=O)c(C(=O)O)cn(C4CC4)c3c2NC1=O. The third kappa shape index (κ3) is 2.36. The molecule has 1 amide bonds. The summed E-state index contributed by atoms with van der Waals surface area (Å²) in [4.78, 5) is 36.4. The van der Waals surface area contributed by atoms with Gasteiger partial charge in [0.15, 0.2) is 0 Å². The number of amides is 1. The van der Waals surface area contributed by atoms with Gasteiger partial charge in [-0.15, -0.1) is 0 Å². The molecule has 0 spiro atoms. The fraction of sp³-hybridized carbons (Fsp3) is 0.389. The number of hydrogen-bond donors (Lipinski definition) is 3. The quantitative estimate of drug-likeness (QED) is 0.782. The highest BCUT2D eigenvalue weighted by molar-refractivity contribution is 6.12. The van der Waals surface area contributed by atoms with Gasteiger partial charge in [-0.05, 0) is 24.8 Å². The van der Waals surface area contributed by atoms with Crippen LogP contribution in [0.1, 0.15) is 43.1 Å². The van der Waals surface area contributed by atoms with Crippen LogP contribution < -0.4 is 16.1 Å². The van der Waals surface area contributed by atoms with E-state index in [-0.39, 0.29) is 34.6 Å². The number of rotatable bonds is 3. The van der Waals surface area contributed by atoms with E-state index in [0.717, 1.165) is 18.9 Å². The third-order valence-corrected chi connectivity index (χ3v) is 4.94. The van der Waals surface area contributed by atoms with Gasteiger partial charge in [0.2, 0.25) is 11.3 Å². The number of carbonyl (C=O) groups is 2. The number of hydrogen-bond acceptors (Lipinski definition) is 4. The number of pyridine rings is 1. The maximum absolute atomic E-state index is 14.7. The maximum Gasteiger partial charge on any atom is 0.341 e. The number of carboxylic acids is 1. The molecule has 1 aromatic carbocycles. The van der Waals surface area contributed by atoms with E-state index in [2.05, 4.69) is 10.6 Å². The number of halogens is 1. The molecular weight excluding hydrogens is 341 g/mol. The summed E-state index contributed by atoms with van der Waals surface area (Å²) < 4.78 is 16.4. The zero-order valence-electron chi connectivity index (χ0n) is 14.3. The van der Waals surface area contributed by atoms with Gasteiger partial charge in [0.25, 0.3) is 0 Å². The zero-order chi connectivity index (χ0) is 18.7. The Kier molecular flexibility index (Phi) is 3.54. The lowest BCUT2D eigenvalue weighted by Gasteiger charge is -2.31. The molecule has 2 aliphatic rings. The van der Waals surface area contributed by atoms with E-state index in [4.69, 9.17) is 0 Å². The predicted octanol–water partition coefficient (Wildman–Crippen LogP) is 2.56. The zero-order valence-corrected chi connectivity index (χ0v) is 14.3. The van der Waals surface area contributed by atoms with Gasteiger partial charge in [-0.1, -0.05) is 13.8 Å². The maximum atomic E-state index is 14.7. The van der Waals surface area contributed by atoms with Crippen molar-refractivity contribution < 1.29 is 19.1 Å². The van der Waals surface area contributed by atoms with Crippen molar-refractivity contribution in [1.82, 2.24) is 4.57 Å². The van der Waals surface area contributed by atoms with Gasteiger partial charge in [0, 0.05) is 12.2 Å². The van der Waals surface area contributed by atoms with Crippen molar-refractivity contribution in [1.29, 1.82) is 0 Å². The van der Waals surface area contributed by atoms with E-state index in [1.54, 1.807) is 4.57 Å². The second-order valence-corrected chi connectivity index (χ2v) is 7.18. The third-order valence-electron chi connectivity index (χ3n) is 4.94. The van der Waals surface area contributed by atoms with Gasteiger partial charge in [-0.3, -0.25) is 9.59 Å². The molecule has 26 heavy (non-hydrogen) atoms. The average molecular weight is 359 g/mol. The number of aromatic nitrogens is 1. The number of benzene rings is 1. The molecule has 1 aromatic heterocycles. The molecule has 2 aromatic rings. The lowest BCUT2D eigenvalue weighted by atomic mass is 9.98. The Bertz CT molecular complexity index is 1020. The molecule has 0 bridgehead atoms. The van der Waals surface area contributed by atoms with Gasteiger partial charge in [0.1, 0.15) is 17.4 Å². The first-order valence-electron chi connectivity index (χ1n) is 8.51. The van der Waals surface area contributed by atoms with Gasteiger partial charge < -0.3 is 20.3 Å². The summed E-state index contributed by atoms with van der Waals surface area (Å²) in [5, 5.41) is 14.9. The molecule has 4 rings (SSSR count). The van der Waals surface area contributed by atoms with Crippen LogP contribution in [0.4, 0.5) is 15.8 Å². The van der Waals surface area contributed by atoms with Crippen molar-refractivity contribution in [2.75, 3.05) is 10.6 Å². The molecule has 1 aliphatic carbocycles. The molecule has 0 radical (unpaired) electrons. The minimum Gasteiger partial charge on any atom is -0.477 e. The van der Waals surface area contributed by atoms with Crippen molar-refractivity contribution >= 4 is 34.2 Å². The van der Waals surface area contributed by atoms with Crippen LogP contribution >= 0.6 is 0 Å². The lowest BCUT2D eigenvalue weighted by molar-refractivity contribution is -0.117. The van der Waals surface area contributed by atoms with E-state index in [1.165, 1.54) is 6.20 Å². The first kappa shape index (κ1) is 16.6. The Hall–Kier alpha value is -2.90. The lowest BCUT2D eigenvalue weighted by Crippen LogP contribution is -2.43. The summed E-state index contributed by atoms with van der Waals surface area (Å²) in [7, 11) is 0. The van der Waals surface area contributed by atoms with Crippen LogP contribution in [-0.2, 0) is 4.79 Å². The van der Waals surface area contributed by atoms with Crippen LogP contribution in [0, 0.1) is 11.7 Å². The topological polar surface area (TPSA) is 100 Å². The molecule has 0 unspecified atom stereocenters. The Labute approximate surface area is 147 Å². The molecule has 3 N–H and O–H groups in total. The molecule has 1 aliphatic heterocycles. The molecule has 1 atom stereocenters. The summed E-state index contributed by atoms with van der Waals surface area (Å²) in [5.41, 5.74) is -0.470. The van der Waals surface area contributed by atoms with Crippen LogP contribution in [0.25, 0.3) is 10.9 Å². The number of carbonyl (C=O) groups excluding carboxylic acids is 1. The minimum atomic E-state index is -1.36. The molecule has 2 heterocycles. The highest BCUT2D eigenvalue weighted by Gasteiger charge is 2.35. The second-order valence-electron chi connectivity index (χ2n) is 7.18. The van der Waals surface area contributed by atoms with E-state index in [1.807, 2.05) is 13.8 Å². The number of carboxylic acid groups (broad SMARTS) is 1. The standard InChI is InChI=1S/C18H18FN3O4/c1-7(2)12-17(24)21-14-13(20-12)11(19)5-9-15(14)22(8-3-4-8)6-10(16(9)23)18(25)26/h5-8,12,20H,3-4H2,1-2H3,(H,21,24)(H,25,26)/t12-/m0/s1. The molecule has 0 saturated heterocycles. The van der Waals surface area contributed by atoms with E-state index in [9.17, 15) is 23.9 Å². The van der Waals surface area contributed by atoms with Crippen molar-refractivity contribution in [3.05, 3.63) is 33.9 Å². The largest absolute Gasteiger partial charge is 0.477 e. The number of aromatic carboxylic acids is 1. The smallest absolute Gasteiger partial charge is 0.341 e. The van der Waals surface area contributed by atoms with Crippen molar-refractivity contribution in [2.24, 2.45) is 5.92 Å². The summed E-state index contributed by atoms with van der Waals surface area (Å²) in [6, 6.07) is 0.503. The fourth-order valence-electron chi connectivity index (χ4n) is 3.44. The molecule has 7 nitrogen and oxygen atoms in total. The average Bonchev–Trinajstić information content (AvgIpc) is 3.39. The Balaban J connectivity index is 2.06. The highest BCUT2D eigenvalue weighted by atomic mass is 19.1. The first-order valence-corrected chi connectivity index (χ1v) is 8.51. The number of nitrogens with zero attached hydrogens (tertiary/aromatic N) is 1. The van der Waals surface area contributed by atoms with Crippen LogP contribution in [0.2, 0.25) is 0 Å². The van der Waals surface area contributed by atoms with Gasteiger partial charge in [-0.25, -0.2) is 9.18 Å². The summed E-state index contributed by atoms with van der Waals surface area (Å²) >= 11 is 0. The summed E-state index contributed by atoms with van der Waals surface area (Å²) in [6.07, 6.45) is 2.96. The Morgan fingerprint density at radius 1 is 1.31 bits per heavy atom. The predicted molar refractivity (Wildman–Crippen MR) is 94.3 cm³/mol. The molecule has 1 saturated carbocycles. The van der Waals surface area contributed by atoms with Crippen LogP contribution in [0.15, 0.2) is 17.1 Å². The Morgan fingerprint density at radius 3 is 2.58 bits per heavy atom. The van der Waals surface area contributed by atoms with E-state index < -0.39 is 28.8 Å². The molecule has 1 fully saturated rings. The fourth-order valence-corrected chi connectivity index (χ4v) is 3.44. The molecule has 8 heteroatoms. The van der Waals surface area contributed by atoms with Gasteiger partial charge >= 0.3 is 5.97 Å². The second kappa shape index (κ2) is 5.55. The van der Waals surface area contributed by atoms with Gasteiger partial charge in [-0.2, -0.15) is 0 Å². The Morgan fingerprint density at radius 2 is 2.00 bits per heavy atom. The number of fused-ring (bicyclic) bond motifs is 3. The minimum absolute atomic E-state index is 0.0329. The van der Waals surface area contributed by atoms with Crippen molar-refractivity contribution in [3.8, 4) is 0 Å². The monoisotopic (exact) mass is 359 g/mol. The van der Waals surface area contributed by atoms with Crippen LogP contribution in [0.3, 0.4) is 0 Å². The summed E-state index contributed by atoms with van der Waals surface area (Å²) in [6.45, 7) is 3.70. The number of anilines is 2. The first-order chi connectivity index (χ1) is 12.3. The van der Waals surface area contributed by atoms with Crippen LogP contribution in [0.5, 0.6) is 0 Å². The summed E-state index contributed by atoms with van der Waals surface area (Å²) in [5.74, 6) is -2.42. The molecular formula is C18H18FN3O4. The van der Waals surface area contributed by atoms with E-state index in [0.29, 0.717) is 5.52 Å². The van der Waals surface area contributed by atoms with Gasteiger partial charge in [0.05, 0.1) is 22.3 Å². The van der Waals surface area contributed by atoms with Crippen molar-refractivity contribution in [2.45, 2.75) is 38.8 Å².